The molecule has 5 unspecified atom stereocenters. The number of piperazine rings is 2. The van der Waals surface area contributed by atoms with Crippen molar-refractivity contribution >= 4 is 68.7 Å². The number of hydrogen-bond acceptors (Lipinski definition) is 12. The van der Waals surface area contributed by atoms with Crippen LogP contribution in [0.5, 0.6) is 0 Å². The van der Waals surface area contributed by atoms with Gasteiger partial charge in [0.1, 0.15) is 11.6 Å². The predicted molar refractivity (Wildman–Crippen MR) is 308 cm³/mol. The molecule has 16 nitrogen and oxygen atoms in total. The number of fused-ring (bicyclic) bond motifs is 2. The Morgan fingerprint density at radius 2 is 1.18 bits per heavy atom. The molecule has 6 aromatic rings. The lowest BCUT2D eigenvalue weighted by Crippen LogP contribution is -2.58. The Hall–Kier alpha value is -6.52. The lowest BCUT2D eigenvalue weighted by Gasteiger charge is -2.44. The normalized spacial score (nSPS) is 21.2. The van der Waals surface area contributed by atoms with Crippen molar-refractivity contribution in [3.05, 3.63) is 127 Å². The standard InChI is InChI=1S/C30H37ClN6O2.C29H35ClN6O2/c1-8-10-23-26(17(3)11-12-32-23)37-28-20(13-22(31)25(33-28)21-14-30(21,6)7)27(34-29(37)39)36-16-18(4)35(15-19(36)5)24(38)9-2;1-7-23(37)34-14-19(6)35(15-18(34)5)27-21-13-22(30)25(20-9-8-10-20)32-28(21)36(29(38)33-27)26-17(4)11-12-31-24(26)16(2)3/h9,11-13,18-19,21H,2,8,10,14-16H2,1,3-7H3;7,11-13,16,18-20H,1,8-10,14-15H2,2-6H3. The molecule has 10 rings (SSSR count). The number of carbonyl (C=O) groups is 2. The summed E-state index contributed by atoms with van der Waals surface area (Å²) < 4.78 is 3.26. The first-order valence-corrected chi connectivity index (χ1v) is 27.9. The number of aryl methyl sites for hydroxylation is 3. The van der Waals surface area contributed by atoms with E-state index in [1.165, 1.54) is 12.2 Å². The van der Waals surface area contributed by atoms with Crippen LogP contribution in [0.2, 0.25) is 10.0 Å². The van der Waals surface area contributed by atoms with Gasteiger partial charge in [0, 0.05) is 74.6 Å². The highest BCUT2D eigenvalue weighted by Gasteiger charge is 2.49. The number of carbonyl (C=O) groups excluding carboxylic acids is 2. The first kappa shape index (κ1) is 55.2. The fraction of sp³-hybridized carbons (Fsp3) is 0.492. The largest absolute Gasteiger partial charge is 0.355 e. The number of amides is 2. The highest BCUT2D eigenvalue weighted by molar-refractivity contribution is 6.32. The quantitative estimate of drug-likeness (QED) is 0.113. The highest BCUT2D eigenvalue weighted by atomic mass is 35.5. The molecule has 2 aliphatic heterocycles. The molecule has 2 aliphatic carbocycles. The van der Waals surface area contributed by atoms with Crippen molar-refractivity contribution in [1.82, 2.24) is 48.8 Å². The van der Waals surface area contributed by atoms with Gasteiger partial charge < -0.3 is 19.6 Å². The van der Waals surface area contributed by atoms with Crippen LogP contribution in [0.4, 0.5) is 11.6 Å². The van der Waals surface area contributed by atoms with E-state index in [-0.39, 0.29) is 53.2 Å². The minimum atomic E-state index is -0.399. The second-order valence-electron chi connectivity index (χ2n) is 22.7. The molecule has 0 radical (unpaired) electrons. The van der Waals surface area contributed by atoms with Crippen molar-refractivity contribution < 1.29 is 9.59 Å². The third-order valence-corrected chi connectivity index (χ3v) is 16.9. The van der Waals surface area contributed by atoms with Gasteiger partial charge in [-0.2, -0.15) is 9.97 Å². The Labute approximate surface area is 461 Å². The van der Waals surface area contributed by atoms with Crippen LogP contribution in [-0.4, -0.2) is 111 Å². The minimum absolute atomic E-state index is 0.0718. The number of nitrogens with zero attached hydrogens (tertiary/aromatic N) is 12. The first-order valence-electron chi connectivity index (χ1n) is 27.2. The molecule has 2 amide bonds. The maximum Gasteiger partial charge on any atom is 0.355 e. The minimum Gasteiger partial charge on any atom is -0.349 e. The summed E-state index contributed by atoms with van der Waals surface area (Å²) in [5.74, 6) is 1.52. The number of pyridine rings is 4. The zero-order valence-electron chi connectivity index (χ0n) is 46.4. The fourth-order valence-corrected chi connectivity index (χ4v) is 12.1. The smallest absolute Gasteiger partial charge is 0.349 e. The van der Waals surface area contributed by atoms with Crippen LogP contribution >= 0.6 is 23.2 Å². The van der Waals surface area contributed by atoms with Gasteiger partial charge in [0.2, 0.25) is 11.8 Å². The van der Waals surface area contributed by atoms with E-state index in [1.807, 2.05) is 75.6 Å². The molecule has 406 valence electrons. The van der Waals surface area contributed by atoms with E-state index in [9.17, 15) is 19.2 Å². The molecule has 2 saturated heterocycles. The van der Waals surface area contributed by atoms with Crippen LogP contribution in [-0.2, 0) is 16.0 Å². The molecular formula is C59H72Cl2N12O4. The van der Waals surface area contributed by atoms with Gasteiger partial charge in [-0.25, -0.2) is 28.7 Å². The van der Waals surface area contributed by atoms with Crippen molar-refractivity contribution in [3.8, 4) is 11.4 Å². The van der Waals surface area contributed by atoms with Crippen molar-refractivity contribution in [3.63, 3.8) is 0 Å². The molecule has 0 bridgehead atoms. The van der Waals surface area contributed by atoms with Crippen molar-refractivity contribution in [2.45, 2.75) is 157 Å². The second-order valence-corrected chi connectivity index (χ2v) is 23.5. The van der Waals surface area contributed by atoms with E-state index in [2.05, 4.69) is 77.5 Å². The Morgan fingerprint density at radius 3 is 1.64 bits per heavy atom. The van der Waals surface area contributed by atoms with Crippen LogP contribution in [0.15, 0.2) is 71.6 Å². The maximum absolute atomic E-state index is 14.0. The van der Waals surface area contributed by atoms with Crippen molar-refractivity contribution in [1.29, 1.82) is 0 Å². The SMILES string of the molecule is C=CC(=O)N1CC(C)N(c2nc(=O)n(-c3c(C)ccnc3C(C)C)c3nc(C4CCC4)c(Cl)cc23)CC1C.C=CC(=O)N1CC(C)N(c2nc(=O)n(-c3c(C)ccnc3CCC)c3nc(C4CC4(C)C)c(Cl)cc23)CC1C. The number of aromatic nitrogens is 8. The van der Waals surface area contributed by atoms with E-state index in [0.717, 1.165) is 94.6 Å². The molecule has 8 heterocycles. The van der Waals surface area contributed by atoms with Gasteiger partial charge in [-0.1, -0.05) is 83.8 Å². The summed E-state index contributed by atoms with van der Waals surface area (Å²) in [5, 5.41) is 2.63. The Morgan fingerprint density at radius 1 is 0.714 bits per heavy atom. The van der Waals surface area contributed by atoms with Gasteiger partial charge in [-0.05, 0) is 126 Å². The van der Waals surface area contributed by atoms with Crippen LogP contribution < -0.4 is 21.2 Å². The third kappa shape index (κ3) is 10.3. The topological polar surface area (TPSA) is 168 Å². The lowest BCUT2D eigenvalue weighted by atomic mass is 9.82. The van der Waals surface area contributed by atoms with E-state index in [1.54, 1.807) is 21.5 Å². The van der Waals surface area contributed by atoms with Crippen molar-refractivity contribution in [2.75, 3.05) is 36.0 Å². The molecule has 0 spiro atoms. The molecule has 0 aromatic carbocycles. The van der Waals surface area contributed by atoms with E-state index < -0.39 is 11.4 Å². The predicted octanol–water partition coefficient (Wildman–Crippen LogP) is 10.4. The summed E-state index contributed by atoms with van der Waals surface area (Å²) >= 11 is 13.8. The Bertz CT molecular complexity index is 3460. The number of hydrogen-bond donors (Lipinski definition) is 0. The fourth-order valence-electron chi connectivity index (χ4n) is 11.5. The summed E-state index contributed by atoms with van der Waals surface area (Å²) in [7, 11) is 0. The van der Waals surface area contributed by atoms with Gasteiger partial charge in [-0.15, -0.1) is 0 Å². The molecular weight excluding hydrogens is 1010 g/mol. The molecule has 4 fully saturated rings. The Kier molecular flexibility index (Phi) is 15.6. The monoisotopic (exact) mass is 1080 g/mol. The summed E-state index contributed by atoms with van der Waals surface area (Å²) in [4.78, 5) is 89.4. The maximum atomic E-state index is 14.0. The van der Waals surface area contributed by atoms with Gasteiger partial charge in [0.15, 0.2) is 11.3 Å². The third-order valence-electron chi connectivity index (χ3n) is 16.3. The van der Waals surface area contributed by atoms with E-state index in [4.69, 9.17) is 33.2 Å². The van der Waals surface area contributed by atoms with E-state index in [0.29, 0.717) is 65.1 Å². The molecule has 0 N–H and O–H groups in total. The second kappa shape index (κ2) is 21.7. The zero-order chi connectivity index (χ0) is 55.5. The van der Waals surface area contributed by atoms with Crippen molar-refractivity contribution in [2.24, 2.45) is 5.41 Å². The number of halogens is 2. The van der Waals surface area contributed by atoms with Crippen LogP contribution in [0.1, 0.15) is 146 Å². The summed E-state index contributed by atoms with van der Waals surface area (Å²) in [6.07, 6.45) is 12.1. The lowest BCUT2D eigenvalue weighted by molar-refractivity contribution is -0.129. The molecule has 18 heteroatoms. The number of rotatable bonds is 11. The molecule has 6 aromatic heterocycles. The van der Waals surface area contributed by atoms with Gasteiger partial charge in [-0.3, -0.25) is 19.6 Å². The summed E-state index contributed by atoms with van der Waals surface area (Å²) in [6, 6.07) is 7.37. The average Bonchev–Trinajstić information content (AvgIpc) is 4.08. The molecule has 77 heavy (non-hydrogen) atoms. The van der Waals surface area contributed by atoms with Gasteiger partial charge in [0.25, 0.3) is 0 Å². The first-order chi connectivity index (χ1) is 36.6. The molecule has 5 atom stereocenters. The summed E-state index contributed by atoms with van der Waals surface area (Å²) in [5.41, 5.74) is 7.09. The zero-order valence-corrected chi connectivity index (χ0v) is 47.9. The van der Waals surface area contributed by atoms with Gasteiger partial charge in [0.05, 0.1) is 55.0 Å². The average molecular weight is 1080 g/mol. The van der Waals surface area contributed by atoms with Crippen LogP contribution in [0.3, 0.4) is 0 Å². The highest BCUT2D eigenvalue weighted by Crippen LogP contribution is 2.59. The van der Waals surface area contributed by atoms with Gasteiger partial charge >= 0.3 is 11.4 Å². The Balaban J connectivity index is 0.000000188. The molecule has 2 saturated carbocycles. The van der Waals surface area contributed by atoms with E-state index >= 15 is 0 Å². The molecule has 4 aliphatic rings. The number of anilines is 2. The van der Waals surface area contributed by atoms with Crippen LogP contribution in [0, 0.1) is 19.3 Å². The summed E-state index contributed by atoms with van der Waals surface area (Å²) in [6.45, 7) is 32.0. The van der Waals surface area contributed by atoms with Crippen LogP contribution in [0.25, 0.3) is 33.4 Å².